The molecule has 3 aromatic rings. The smallest absolute Gasteiger partial charge is 0.483 e. The van der Waals surface area contributed by atoms with E-state index < -0.39 is 6.36 Å². The minimum atomic E-state index is -4.74. The van der Waals surface area contributed by atoms with Crippen molar-refractivity contribution in [2.45, 2.75) is 26.3 Å². The number of amides is 1. The molecule has 0 atom stereocenters. The molecular formula is C29H29F3N2O5. The maximum atomic E-state index is 12.4. The van der Waals surface area contributed by atoms with Crippen LogP contribution in [-0.2, 0) is 27.4 Å². The topological polar surface area (TPSA) is 69.6 Å². The van der Waals surface area contributed by atoms with E-state index >= 15 is 0 Å². The van der Waals surface area contributed by atoms with Crippen LogP contribution >= 0.6 is 0 Å². The van der Waals surface area contributed by atoms with Crippen molar-refractivity contribution in [1.29, 1.82) is 0 Å². The number of halogens is 3. The lowest BCUT2D eigenvalue weighted by molar-refractivity contribution is -0.274. The molecule has 0 spiro atoms. The van der Waals surface area contributed by atoms with Crippen LogP contribution in [0.5, 0.6) is 11.5 Å². The maximum Gasteiger partial charge on any atom is 0.573 e. The van der Waals surface area contributed by atoms with Gasteiger partial charge >= 0.3 is 6.36 Å². The number of hydrogen-bond donors (Lipinski definition) is 0. The second-order valence-electron chi connectivity index (χ2n) is 8.93. The summed E-state index contributed by atoms with van der Waals surface area (Å²) in [5, 5.41) is 4.36. The largest absolute Gasteiger partial charge is 0.573 e. The fourth-order valence-electron chi connectivity index (χ4n) is 3.98. The van der Waals surface area contributed by atoms with E-state index in [0.717, 1.165) is 16.7 Å². The van der Waals surface area contributed by atoms with Crippen LogP contribution in [0.4, 0.5) is 13.2 Å². The zero-order chi connectivity index (χ0) is 27.7. The molecule has 206 valence electrons. The molecule has 1 heterocycles. The van der Waals surface area contributed by atoms with Gasteiger partial charge in [0.25, 0.3) is 5.91 Å². The lowest BCUT2D eigenvalue weighted by Gasteiger charge is -2.26. The van der Waals surface area contributed by atoms with Crippen molar-refractivity contribution in [3.05, 3.63) is 95.1 Å². The first-order valence-electron chi connectivity index (χ1n) is 12.4. The molecule has 0 aromatic heterocycles. The quantitative estimate of drug-likeness (QED) is 0.257. The third-order valence-electron chi connectivity index (χ3n) is 6.00. The van der Waals surface area contributed by atoms with Crippen LogP contribution < -0.4 is 9.47 Å². The fraction of sp³-hybridized carbons (Fsp3) is 0.310. The first kappa shape index (κ1) is 28.0. The van der Waals surface area contributed by atoms with E-state index in [1.807, 2.05) is 49.4 Å². The van der Waals surface area contributed by atoms with Gasteiger partial charge in [-0.3, -0.25) is 4.79 Å². The first-order chi connectivity index (χ1) is 18.8. The number of nitrogens with zero attached hydrogens (tertiary/aromatic N) is 2. The average Bonchev–Trinajstić information content (AvgIpc) is 2.93. The predicted molar refractivity (Wildman–Crippen MR) is 139 cm³/mol. The fourth-order valence-corrected chi connectivity index (χ4v) is 3.98. The Labute approximate surface area is 224 Å². The number of carbonyl (C=O) groups is 1. The molecule has 39 heavy (non-hydrogen) atoms. The standard InChI is InChI=1S/C29H29F3N2O5/c1-21-17-24(9-12-27(21)37-20-28(35)34-13-15-36-16-14-34)26(18-22-5-3-2-4-6-22)33-38-19-23-7-10-25(11-8-23)39-29(30,31)32/h2-12,17H,13-16,18-20H2,1H3/b33-26+. The minimum absolute atomic E-state index is 0.0545. The van der Waals surface area contributed by atoms with Gasteiger partial charge in [-0.05, 0) is 53.9 Å². The molecule has 3 aromatic carbocycles. The molecule has 1 amide bonds. The maximum absolute atomic E-state index is 12.4. The summed E-state index contributed by atoms with van der Waals surface area (Å²) in [6.07, 6.45) is -4.25. The van der Waals surface area contributed by atoms with Crippen LogP contribution in [-0.4, -0.2) is 55.8 Å². The Balaban J connectivity index is 1.43. The van der Waals surface area contributed by atoms with E-state index in [-0.39, 0.29) is 24.9 Å². The molecule has 7 nitrogen and oxygen atoms in total. The molecule has 1 aliphatic rings. The van der Waals surface area contributed by atoms with Gasteiger partial charge in [-0.15, -0.1) is 13.2 Å². The highest BCUT2D eigenvalue weighted by Gasteiger charge is 2.31. The summed E-state index contributed by atoms with van der Waals surface area (Å²) in [6, 6.07) is 20.8. The van der Waals surface area contributed by atoms with Crippen molar-refractivity contribution in [2.24, 2.45) is 5.16 Å². The van der Waals surface area contributed by atoms with Crippen LogP contribution in [0.3, 0.4) is 0 Å². The van der Waals surface area contributed by atoms with E-state index in [2.05, 4.69) is 9.89 Å². The Morgan fingerprint density at radius 3 is 2.36 bits per heavy atom. The van der Waals surface area contributed by atoms with Crippen LogP contribution in [0.15, 0.2) is 78.0 Å². The van der Waals surface area contributed by atoms with Crippen LogP contribution in [0, 0.1) is 6.92 Å². The van der Waals surface area contributed by atoms with Gasteiger partial charge in [0.2, 0.25) is 0 Å². The van der Waals surface area contributed by atoms with Gasteiger partial charge in [-0.25, -0.2) is 0 Å². The Hall–Kier alpha value is -4.05. The summed E-state index contributed by atoms with van der Waals surface area (Å²) in [5.41, 5.74) is 3.98. The van der Waals surface area contributed by atoms with Crippen LogP contribution in [0.1, 0.15) is 22.3 Å². The van der Waals surface area contributed by atoms with Crippen molar-refractivity contribution in [1.82, 2.24) is 4.90 Å². The van der Waals surface area contributed by atoms with Crippen molar-refractivity contribution in [3.63, 3.8) is 0 Å². The first-order valence-corrected chi connectivity index (χ1v) is 12.4. The highest BCUT2D eigenvalue weighted by Crippen LogP contribution is 2.24. The summed E-state index contributed by atoms with van der Waals surface area (Å²) in [7, 11) is 0. The van der Waals surface area contributed by atoms with Crippen molar-refractivity contribution in [2.75, 3.05) is 32.9 Å². The van der Waals surface area contributed by atoms with Gasteiger partial charge in [-0.2, -0.15) is 0 Å². The summed E-state index contributed by atoms with van der Waals surface area (Å²) < 4.78 is 52.2. The number of hydrogen-bond acceptors (Lipinski definition) is 6. The zero-order valence-electron chi connectivity index (χ0n) is 21.4. The lowest BCUT2D eigenvalue weighted by Crippen LogP contribution is -2.43. The van der Waals surface area contributed by atoms with E-state index in [9.17, 15) is 18.0 Å². The number of rotatable bonds is 10. The van der Waals surface area contributed by atoms with Gasteiger partial charge in [0.1, 0.15) is 18.1 Å². The molecule has 1 aliphatic heterocycles. The molecule has 4 rings (SSSR count). The average molecular weight is 543 g/mol. The Kier molecular flexibility index (Phi) is 9.43. The van der Waals surface area contributed by atoms with Crippen molar-refractivity contribution >= 4 is 11.6 Å². The molecule has 0 radical (unpaired) electrons. The van der Waals surface area contributed by atoms with Gasteiger partial charge in [0.15, 0.2) is 6.61 Å². The van der Waals surface area contributed by atoms with Gasteiger partial charge < -0.3 is 23.9 Å². The third kappa shape index (κ3) is 8.75. The molecular weight excluding hydrogens is 513 g/mol. The highest BCUT2D eigenvalue weighted by atomic mass is 19.4. The summed E-state index contributed by atoms with van der Waals surface area (Å²) in [5.74, 6) is 0.213. The predicted octanol–water partition coefficient (Wildman–Crippen LogP) is 5.29. The monoisotopic (exact) mass is 542 g/mol. The molecule has 0 unspecified atom stereocenters. The highest BCUT2D eigenvalue weighted by molar-refractivity contribution is 6.01. The molecule has 10 heteroatoms. The number of alkyl halides is 3. The molecule has 1 fully saturated rings. The second kappa shape index (κ2) is 13.1. The Morgan fingerprint density at radius 1 is 0.974 bits per heavy atom. The third-order valence-corrected chi connectivity index (χ3v) is 6.00. The van der Waals surface area contributed by atoms with Crippen LogP contribution in [0.2, 0.25) is 0 Å². The minimum Gasteiger partial charge on any atom is -0.483 e. The molecule has 0 bridgehead atoms. The Bertz CT molecular complexity index is 1260. The number of aryl methyl sites for hydroxylation is 1. The Morgan fingerprint density at radius 2 is 1.69 bits per heavy atom. The summed E-state index contributed by atoms with van der Waals surface area (Å²) in [4.78, 5) is 19.8. The number of carbonyl (C=O) groups excluding carboxylic acids is 1. The van der Waals surface area contributed by atoms with E-state index in [4.69, 9.17) is 14.3 Å². The normalized spacial score (nSPS) is 14.2. The summed E-state index contributed by atoms with van der Waals surface area (Å²) >= 11 is 0. The number of oxime groups is 1. The second-order valence-corrected chi connectivity index (χ2v) is 8.93. The van der Waals surface area contributed by atoms with Crippen LogP contribution in [0.25, 0.3) is 0 Å². The van der Waals surface area contributed by atoms with E-state index in [0.29, 0.717) is 49.7 Å². The number of benzene rings is 3. The van der Waals surface area contributed by atoms with Crippen molar-refractivity contribution < 1.29 is 37.0 Å². The molecule has 0 saturated carbocycles. The molecule has 1 saturated heterocycles. The van der Waals surface area contributed by atoms with E-state index in [1.165, 1.54) is 24.3 Å². The molecule has 0 aliphatic carbocycles. The van der Waals surface area contributed by atoms with Gasteiger partial charge in [0.05, 0.1) is 18.9 Å². The van der Waals surface area contributed by atoms with Crippen molar-refractivity contribution in [3.8, 4) is 11.5 Å². The molecule has 0 N–H and O–H groups in total. The zero-order valence-corrected chi connectivity index (χ0v) is 21.4. The van der Waals surface area contributed by atoms with E-state index in [1.54, 1.807) is 11.0 Å². The number of ether oxygens (including phenoxy) is 3. The SMILES string of the molecule is Cc1cc(/C(Cc2ccccc2)=N/OCc2ccc(OC(F)(F)F)cc2)ccc1OCC(=O)N1CCOCC1. The lowest BCUT2D eigenvalue weighted by atomic mass is 10.0. The number of morpholine rings is 1. The van der Waals surface area contributed by atoms with Gasteiger partial charge in [0, 0.05) is 25.1 Å². The summed E-state index contributed by atoms with van der Waals surface area (Å²) in [6.45, 7) is 4.08. The van der Waals surface area contributed by atoms with Gasteiger partial charge in [-0.1, -0.05) is 47.6 Å².